The highest BCUT2D eigenvalue weighted by Crippen LogP contribution is 2.35. The van der Waals surface area contributed by atoms with Crippen molar-refractivity contribution in [2.75, 3.05) is 33.9 Å². The van der Waals surface area contributed by atoms with Crippen LogP contribution in [0.1, 0.15) is 23.2 Å². The summed E-state index contributed by atoms with van der Waals surface area (Å²) in [6.07, 6.45) is 2.54. The summed E-state index contributed by atoms with van der Waals surface area (Å²) >= 11 is 0. The fourth-order valence-electron chi connectivity index (χ4n) is 3.22. The number of rotatable bonds is 4. The zero-order valence-electron chi connectivity index (χ0n) is 12.5. The number of hydrogen-bond donors (Lipinski definition) is 0. The van der Waals surface area contributed by atoms with E-state index in [9.17, 15) is 4.79 Å². The Balaban J connectivity index is 1.81. The molecule has 1 unspecified atom stereocenters. The zero-order valence-corrected chi connectivity index (χ0v) is 12.5. The molecule has 4 rings (SSSR count). The first-order valence-corrected chi connectivity index (χ1v) is 7.36. The monoisotopic (exact) mass is 291 g/mol. The van der Waals surface area contributed by atoms with Crippen molar-refractivity contribution in [3.05, 3.63) is 23.8 Å². The Bertz CT molecular complexity index is 523. The average molecular weight is 291 g/mol. The maximum atomic E-state index is 11.7. The minimum Gasteiger partial charge on any atom is -0.493 e. The van der Waals surface area contributed by atoms with E-state index in [1.54, 1.807) is 25.3 Å². The first kappa shape index (κ1) is 14.2. The predicted octanol–water partition coefficient (Wildman–Crippen LogP) is 1.95. The fourth-order valence-corrected chi connectivity index (χ4v) is 3.22. The van der Waals surface area contributed by atoms with Crippen molar-refractivity contribution < 1.29 is 19.0 Å². The highest BCUT2D eigenvalue weighted by Gasteiger charge is 2.36. The molecule has 114 valence electrons. The number of benzene rings is 1. The molecular weight excluding hydrogens is 270 g/mol. The molecule has 5 heteroatoms. The molecule has 3 aliphatic rings. The Labute approximate surface area is 124 Å². The van der Waals surface area contributed by atoms with Gasteiger partial charge in [0, 0.05) is 6.54 Å². The summed E-state index contributed by atoms with van der Waals surface area (Å²) in [5.41, 5.74) is 0.481. The first-order valence-electron chi connectivity index (χ1n) is 7.36. The summed E-state index contributed by atoms with van der Waals surface area (Å²) < 4.78 is 16.3. The van der Waals surface area contributed by atoms with Crippen LogP contribution >= 0.6 is 0 Å². The fraction of sp³-hybridized carbons (Fsp3) is 0.562. The van der Waals surface area contributed by atoms with E-state index < -0.39 is 0 Å². The molecule has 1 atom stereocenters. The van der Waals surface area contributed by atoms with E-state index in [2.05, 4.69) is 4.90 Å². The highest BCUT2D eigenvalue weighted by molar-refractivity contribution is 5.90. The third-order valence-electron chi connectivity index (χ3n) is 4.46. The van der Waals surface area contributed by atoms with Gasteiger partial charge in [0.2, 0.25) is 0 Å². The largest absolute Gasteiger partial charge is 0.493 e. The number of nitrogens with zero attached hydrogens (tertiary/aromatic N) is 1. The smallest absolute Gasteiger partial charge is 0.337 e. The number of hydrogen-bond acceptors (Lipinski definition) is 5. The lowest BCUT2D eigenvalue weighted by atomic mass is 9.86. The molecule has 0 amide bonds. The number of piperidine rings is 3. The Morgan fingerprint density at radius 2 is 1.95 bits per heavy atom. The van der Waals surface area contributed by atoms with Gasteiger partial charge in [0.1, 0.15) is 6.10 Å². The third-order valence-corrected chi connectivity index (χ3v) is 4.46. The maximum absolute atomic E-state index is 11.7. The molecule has 3 saturated heterocycles. The highest BCUT2D eigenvalue weighted by atomic mass is 16.5. The number of methoxy groups -OCH3 is 2. The molecule has 1 aromatic rings. The van der Waals surface area contributed by atoms with Gasteiger partial charge in [0.05, 0.1) is 19.8 Å². The van der Waals surface area contributed by atoms with Gasteiger partial charge in [-0.1, -0.05) is 0 Å². The molecule has 21 heavy (non-hydrogen) atoms. The number of carbonyl (C=O) groups excluding carboxylic acids is 1. The quantitative estimate of drug-likeness (QED) is 0.794. The normalized spacial score (nSPS) is 27.2. The molecule has 3 fully saturated rings. The summed E-state index contributed by atoms with van der Waals surface area (Å²) in [5.74, 6) is 1.51. The Kier molecular flexibility index (Phi) is 4.01. The van der Waals surface area contributed by atoms with Crippen LogP contribution in [-0.4, -0.2) is 50.8 Å². The van der Waals surface area contributed by atoms with Crippen LogP contribution in [-0.2, 0) is 4.74 Å². The summed E-state index contributed by atoms with van der Waals surface area (Å²) in [5, 5.41) is 0. The number of fused-ring (bicyclic) bond motifs is 3. The molecule has 3 heterocycles. The topological polar surface area (TPSA) is 48.0 Å². The molecule has 2 bridgehead atoms. The van der Waals surface area contributed by atoms with Crippen LogP contribution in [0, 0.1) is 5.92 Å². The van der Waals surface area contributed by atoms with Gasteiger partial charge >= 0.3 is 5.97 Å². The Morgan fingerprint density at radius 3 is 2.52 bits per heavy atom. The van der Waals surface area contributed by atoms with E-state index in [0.29, 0.717) is 23.0 Å². The predicted molar refractivity (Wildman–Crippen MR) is 77.9 cm³/mol. The summed E-state index contributed by atoms with van der Waals surface area (Å²) in [6.45, 7) is 3.30. The van der Waals surface area contributed by atoms with Crippen molar-refractivity contribution in [1.82, 2.24) is 4.90 Å². The maximum Gasteiger partial charge on any atom is 0.337 e. The van der Waals surface area contributed by atoms with E-state index in [1.165, 1.54) is 33.0 Å². The second kappa shape index (κ2) is 5.93. The molecule has 0 radical (unpaired) electrons. The van der Waals surface area contributed by atoms with Crippen molar-refractivity contribution in [2.45, 2.75) is 18.9 Å². The van der Waals surface area contributed by atoms with E-state index in [4.69, 9.17) is 14.2 Å². The lowest BCUT2D eigenvalue weighted by Crippen LogP contribution is -2.52. The molecular formula is C16H21NO4. The Hall–Kier alpha value is -1.75. The standard InChI is InChI=1S/C16H21NO4/c1-19-13-4-3-12(16(18)20-2)9-14(13)21-15-10-17-7-5-11(15)6-8-17/h3-4,9,11,15H,5-8,10H2,1-2H3. The van der Waals surface area contributed by atoms with Gasteiger partial charge in [-0.2, -0.15) is 0 Å². The third kappa shape index (κ3) is 2.83. The Morgan fingerprint density at radius 1 is 1.19 bits per heavy atom. The van der Waals surface area contributed by atoms with Gasteiger partial charge < -0.3 is 14.2 Å². The number of ether oxygens (including phenoxy) is 3. The van der Waals surface area contributed by atoms with Gasteiger partial charge in [0.25, 0.3) is 0 Å². The second-order valence-electron chi connectivity index (χ2n) is 5.65. The minimum absolute atomic E-state index is 0.175. The van der Waals surface area contributed by atoms with Crippen molar-refractivity contribution >= 4 is 5.97 Å². The van der Waals surface area contributed by atoms with Gasteiger partial charge in [0.15, 0.2) is 11.5 Å². The van der Waals surface area contributed by atoms with E-state index in [1.807, 2.05) is 0 Å². The van der Waals surface area contributed by atoms with E-state index >= 15 is 0 Å². The molecule has 1 aromatic carbocycles. The summed E-state index contributed by atoms with van der Waals surface area (Å²) in [4.78, 5) is 14.1. The second-order valence-corrected chi connectivity index (χ2v) is 5.65. The van der Waals surface area contributed by atoms with Crippen LogP contribution in [0.2, 0.25) is 0 Å². The van der Waals surface area contributed by atoms with Crippen LogP contribution in [0.5, 0.6) is 11.5 Å². The van der Waals surface area contributed by atoms with Gasteiger partial charge in [-0.3, -0.25) is 4.90 Å². The lowest BCUT2D eigenvalue weighted by Gasteiger charge is -2.44. The summed E-state index contributed by atoms with van der Waals surface area (Å²) in [7, 11) is 2.98. The van der Waals surface area contributed by atoms with Crippen LogP contribution in [0.3, 0.4) is 0 Å². The minimum atomic E-state index is -0.364. The van der Waals surface area contributed by atoms with Crippen LogP contribution in [0.25, 0.3) is 0 Å². The van der Waals surface area contributed by atoms with Crippen LogP contribution < -0.4 is 9.47 Å². The number of carbonyl (C=O) groups is 1. The molecule has 0 aromatic heterocycles. The van der Waals surface area contributed by atoms with Crippen molar-refractivity contribution in [3.63, 3.8) is 0 Å². The van der Waals surface area contributed by atoms with Crippen molar-refractivity contribution in [3.8, 4) is 11.5 Å². The van der Waals surface area contributed by atoms with E-state index in [0.717, 1.165) is 6.54 Å². The molecule has 3 aliphatic heterocycles. The van der Waals surface area contributed by atoms with Crippen LogP contribution in [0.4, 0.5) is 0 Å². The SMILES string of the molecule is COC(=O)c1ccc(OC)c(OC2CN3CCC2CC3)c1. The first-order chi connectivity index (χ1) is 10.2. The van der Waals surface area contributed by atoms with Gasteiger partial charge in [-0.25, -0.2) is 4.79 Å². The van der Waals surface area contributed by atoms with Gasteiger partial charge in [-0.05, 0) is 50.0 Å². The molecule has 0 aliphatic carbocycles. The van der Waals surface area contributed by atoms with Gasteiger partial charge in [-0.15, -0.1) is 0 Å². The molecule has 0 N–H and O–H groups in total. The number of esters is 1. The lowest BCUT2D eigenvalue weighted by molar-refractivity contribution is -0.00889. The molecule has 5 nitrogen and oxygen atoms in total. The molecule has 0 saturated carbocycles. The van der Waals surface area contributed by atoms with E-state index in [-0.39, 0.29) is 12.1 Å². The zero-order chi connectivity index (χ0) is 14.8. The average Bonchev–Trinajstić information content (AvgIpc) is 2.55. The van der Waals surface area contributed by atoms with Crippen molar-refractivity contribution in [1.29, 1.82) is 0 Å². The van der Waals surface area contributed by atoms with Crippen LogP contribution in [0.15, 0.2) is 18.2 Å². The molecule has 0 spiro atoms. The summed E-state index contributed by atoms with van der Waals surface area (Å²) in [6, 6.07) is 5.15. The van der Waals surface area contributed by atoms with Crippen molar-refractivity contribution in [2.24, 2.45) is 5.92 Å².